The van der Waals surface area contributed by atoms with Gasteiger partial charge in [0, 0.05) is 24.0 Å². The third-order valence-corrected chi connectivity index (χ3v) is 5.13. The lowest BCUT2D eigenvalue weighted by atomic mass is 10.1. The van der Waals surface area contributed by atoms with Crippen LogP contribution in [0.3, 0.4) is 0 Å². The van der Waals surface area contributed by atoms with Crippen molar-refractivity contribution in [2.75, 3.05) is 22.6 Å². The molecule has 5 amide bonds. The van der Waals surface area contributed by atoms with Crippen molar-refractivity contribution in [2.45, 2.75) is 6.92 Å². The number of fused-ring (bicyclic) bond motifs is 1. The number of hydrogen-bond acceptors (Lipinski definition) is 4. The molecule has 8 heteroatoms. The molecule has 0 aliphatic carbocycles. The van der Waals surface area contributed by atoms with E-state index in [4.69, 9.17) is 0 Å². The van der Waals surface area contributed by atoms with E-state index in [0.29, 0.717) is 17.1 Å². The average Bonchev–Trinajstić information content (AvgIpc) is 3.05. The molecule has 32 heavy (non-hydrogen) atoms. The van der Waals surface area contributed by atoms with Crippen molar-refractivity contribution in [2.24, 2.45) is 0 Å². The van der Waals surface area contributed by atoms with Crippen LogP contribution in [0.5, 0.6) is 0 Å². The first-order chi connectivity index (χ1) is 15.4. The summed E-state index contributed by atoms with van der Waals surface area (Å²) in [6.07, 6.45) is 0. The number of benzene rings is 3. The number of carbonyl (C=O) groups excluding carboxylic acids is 4. The Bertz CT molecular complexity index is 1250. The van der Waals surface area contributed by atoms with E-state index in [1.165, 1.54) is 25.2 Å². The maximum absolute atomic E-state index is 13.0. The van der Waals surface area contributed by atoms with Crippen molar-refractivity contribution in [1.29, 1.82) is 0 Å². The number of urea groups is 1. The van der Waals surface area contributed by atoms with Crippen LogP contribution in [0.4, 0.5) is 21.9 Å². The first kappa shape index (κ1) is 20.8. The number of nitrogens with zero attached hydrogens (tertiary/aromatic N) is 1. The van der Waals surface area contributed by atoms with Crippen LogP contribution in [0.1, 0.15) is 36.6 Å². The molecule has 1 heterocycles. The second kappa shape index (κ2) is 8.35. The van der Waals surface area contributed by atoms with Crippen LogP contribution in [0, 0.1) is 6.92 Å². The summed E-state index contributed by atoms with van der Waals surface area (Å²) in [6.45, 7) is 1.83. The van der Waals surface area contributed by atoms with Crippen LogP contribution < -0.4 is 20.9 Å². The van der Waals surface area contributed by atoms with Gasteiger partial charge in [-0.3, -0.25) is 14.4 Å². The third-order valence-electron chi connectivity index (χ3n) is 5.13. The van der Waals surface area contributed by atoms with Crippen molar-refractivity contribution >= 4 is 40.8 Å². The topological polar surface area (TPSA) is 108 Å². The van der Waals surface area contributed by atoms with Gasteiger partial charge in [0.05, 0.1) is 16.8 Å². The van der Waals surface area contributed by atoms with Crippen LogP contribution in [0.15, 0.2) is 66.7 Å². The summed E-state index contributed by atoms with van der Waals surface area (Å²) in [6, 6.07) is 17.8. The zero-order chi connectivity index (χ0) is 22.8. The second-order valence-electron chi connectivity index (χ2n) is 7.23. The largest absolute Gasteiger partial charge is 0.341 e. The highest BCUT2D eigenvalue weighted by Crippen LogP contribution is 2.31. The van der Waals surface area contributed by atoms with Gasteiger partial charge in [-0.2, -0.15) is 0 Å². The Labute approximate surface area is 184 Å². The van der Waals surface area contributed by atoms with Gasteiger partial charge in [-0.25, -0.2) is 9.69 Å². The lowest BCUT2D eigenvalue weighted by molar-refractivity contribution is 0.0925. The molecule has 3 aromatic rings. The molecule has 3 aromatic carbocycles. The highest BCUT2D eigenvalue weighted by Gasteiger charge is 2.37. The fourth-order valence-corrected chi connectivity index (χ4v) is 3.45. The summed E-state index contributed by atoms with van der Waals surface area (Å²) in [5.41, 5.74) is 3.12. The Balaban J connectivity index is 1.54. The second-order valence-corrected chi connectivity index (χ2v) is 7.23. The maximum atomic E-state index is 13.0. The van der Waals surface area contributed by atoms with Crippen LogP contribution in [-0.2, 0) is 0 Å². The van der Waals surface area contributed by atoms with Crippen LogP contribution >= 0.6 is 0 Å². The van der Waals surface area contributed by atoms with Gasteiger partial charge in [0.1, 0.15) is 0 Å². The SMILES string of the molecule is CNC(=O)Nc1ccc(NC(=O)c2ccc3c(c2)C(=O)N(c2ccccc2C)C3=O)cc1. The summed E-state index contributed by atoms with van der Waals surface area (Å²) in [4.78, 5) is 51.0. The lowest BCUT2D eigenvalue weighted by Gasteiger charge is -2.16. The van der Waals surface area contributed by atoms with E-state index in [0.717, 1.165) is 10.5 Å². The lowest BCUT2D eigenvalue weighted by Crippen LogP contribution is -2.29. The van der Waals surface area contributed by atoms with Gasteiger partial charge in [-0.05, 0) is 61.0 Å². The van der Waals surface area contributed by atoms with Gasteiger partial charge in [0.15, 0.2) is 0 Å². The Morgan fingerprint density at radius 2 is 1.41 bits per heavy atom. The van der Waals surface area contributed by atoms with E-state index < -0.39 is 17.7 Å². The minimum atomic E-state index is -0.460. The number of anilines is 3. The molecule has 0 bridgehead atoms. The van der Waals surface area contributed by atoms with Crippen molar-refractivity contribution in [3.05, 3.63) is 89.0 Å². The highest BCUT2D eigenvalue weighted by molar-refractivity contribution is 6.35. The van der Waals surface area contributed by atoms with E-state index in [-0.39, 0.29) is 22.7 Å². The fraction of sp³-hybridized carbons (Fsp3) is 0.0833. The zero-order valence-electron chi connectivity index (χ0n) is 17.4. The van der Waals surface area contributed by atoms with Crippen molar-refractivity contribution in [3.63, 3.8) is 0 Å². The first-order valence-corrected chi connectivity index (χ1v) is 9.87. The fourth-order valence-electron chi connectivity index (χ4n) is 3.45. The molecule has 0 radical (unpaired) electrons. The van der Waals surface area contributed by atoms with Crippen LogP contribution in [0.25, 0.3) is 0 Å². The molecular weight excluding hydrogens is 408 g/mol. The Morgan fingerprint density at radius 1 is 0.781 bits per heavy atom. The minimum Gasteiger partial charge on any atom is -0.341 e. The number of nitrogens with one attached hydrogen (secondary N) is 3. The number of aryl methyl sites for hydroxylation is 1. The summed E-state index contributed by atoms with van der Waals surface area (Å²) in [7, 11) is 1.51. The molecule has 4 rings (SSSR count). The van der Waals surface area contributed by atoms with Crippen molar-refractivity contribution in [3.8, 4) is 0 Å². The summed E-state index contributed by atoms with van der Waals surface area (Å²) in [5, 5.41) is 7.82. The maximum Gasteiger partial charge on any atom is 0.318 e. The molecule has 3 N–H and O–H groups in total. The number of para-hydroxylation sites is 1. The summed E-state index contributed by atoms with van der Waals surface area (Å²) >= 11 is 0. The smallest absolute Gasteiger partial charge is 0.318 e. The molecule has 0 fully saturated rings. The Kier molecular flexibility index (Phi) is 5.43. The minimum absolute atomic E-state index is 0.191. The predicted molar refractivity (Wildman–Crippen MR) is 121 cm³/mol. The van der Waals surface area contributed by atoms with E-state index in [1.54, 1.807) is 36.4 Å². The zero-order valence-corrected chi connectivity index (χ0v) is 17.4. The first-order valence-electron chi connectivity index (χ1n) is 9.87. The van der Waals surface area contributed by atoms with E-state index in [1.807, 2.05) is 19.1 Å². The number of hydrogen-bond donors (Lipinski definition) is 3. The highest BCUT2D eigenvalue weighted by atomic mass is 16.2. The van der Waals surface area contributed by atoms with Crippen LogP contribution in [-0.4, -0.2) is 30.8 Å². The molecule has 160 valence electrons. The molecule has 0 aromatic heterocycles. The molecule has 0 saturated heterocycles. The molecular formula is C24H20N4O4. The molecule has 1 aliphatic rings. The van der Waals surface area contributed by atoms with Gasteiger partial charge in [0.25, 0.3) is 17.7 Å². The van der Waals surface area contributed by atoms with Gasteiger partial charge in [0.2, 0.25) is 0 Å². The normalized spacial score (nSPS) is 12.4. The van der Waals surface area contributed by atoms with Crippen molar-refractivity contribution in [1.82, 2.24) is 5.32 Å². The van der Waals surface area contributed by atoms with Gasteiger partial charge >= 0.3 is 6.03 Å². The number of rotatable bonds is 4. The van der Waals surface area contributed by atoms with Gasteiger partial charge in [-0.1, -0.05) is 18.2 Å². The molecule has 0 atom stereocenters. The standard InChI is InChI=1S/C24H20N4O4/c1-14-5-3-4-6-20(14)28-22(30)18-12-7-15(13-19(18)23(28)31)21(29)26-16-8-10-17(11-9-16)27-24(32)25-2/h3-13H,1-2H3,(H,26,29)(H2,25,27,32). The third kappa shape index (κ3) is 3.81. The molecule has 0 spiro atoms. The monoisotopic (exact) mass is 428 g/mol. The van der Waals surface area contributed by atoms with E-state index >= 15 is 0 Å². The molecule has 1 aliphatic heterocycles. The van der Waals surface area contributed by atoms with Gasteiger partial charge < -0.3 is 16.0 Å². The van der Waals surface area contributed by atoms with Crippen molar-refractivity contribution < 1.29 is 19.2 Å². The molecule has 0 saturated carbocycles. The average molecular weight is 428 g/mol. The summed E-state index contributed by atoms with van der Waals surface area (Å²) < 4.78 is 0. The number of imide groups is 1. The van der Waals surface area contributed by atoms with Gasteiger partial charge in [-0.15, -0.1) is 0 Å². The Hall–Kier alpha value is -4.46. The predicted octanol–water partition coefficient (Wildman–Crippen LogP) is 3.80. The molecule has 0 unspecified atom stereocenters. The molecule has 8 nitrogen and oxygen atoms in total. The number of amides is 5. The quantitative estimate of drug-likeness (QED) is 0.550. The Morgan fingerprint density at radius 3 is 2.06 bits per heavy atom. The van der Waals surface area contributed by atoms with Crippen LogP contribution in [0.2, 0.25) is 0 Å². The summed E-state index contributed by atoms with van der Waals surface area (Å²) in [5.74, 6) is -1.29. The van der Waals surface area contributed by atoms with E-state index in [9.17, 15) is 19.2 Å². The van der Waals surface area contributed by atoms with E-state index in [2.05, 4.69) is 16.0 Å². The number of carbonyl (C=O) groups is 4.